The van der Waals surface area contributed by atoms with Gasteiger partial charge in [-0.3, -0.25) is 0 Å². The van der Waals surface area contributed by atoms with Crippen molar-refractivity contribution in [3.05, 3.63) is 34.9 Å². The Balaban J connectivity index is 0.00000180. The molecule has 1 aromatic heterocycles. The van der Waals surface area contributed by atoms with Crippen LogP contribution in [0.4, 0.5) is 0 Å². The van der Waals surface area contributed by atoms with E-state index in [-0.39, 0.29) is 12.4 Å². The largest absolute Gasteiger partial charge is 1.00 e. The van der Waals surface area contributed by atoms with E-state index in [2.05, 4.69) is 20.8 Å². The van der Waals surface area contributed by atoms with Crippen molar-refractivity contribution in [1.29, 1.82) is 0 Å². The Kier molecular flexibility index (Phi) is 7.15. The quantitative estimate of drug-likeness (QED) is 0.533. The Morgan fingerprint density at radius 1 is 1.37 bits per heavy atom. The number of aryl methyl sites for hydroxylation is 1. The van der Waals surface area contributed by atoms with E-state index in [0.717, 1.165) is 34.6 Å². The van der Waals surface area contributed by atoms with Gasteiger partial charge in [0, 0.05) is 30.9 Å². The molecule has 1 aromatic carbocycles. The molecule has 19 heavy (non-hydrogen) atoms. The maximum Gasteiger partial charge on any atom is 0.209 e. The average molecular weight is 319 g/mol. The lowest BCUT2D eigenvalue weighted by atomic mass is 10.2. The number of nitrogens with zero attached hydrogens (tertiary/aromatic N) is 4. The van der Waals surface area contributed by atoms with Crippen LogP contribution in [-0.4, -0.2) is 32.5 Å². The Hall–Kier alpha value is -0.820. The molecule has 0 aliphatic carbocycles. The molecule has 0 amide bonds. The van der Waals surface area contributed by atoms with E-state index in [1.54, 1.807) is 16.4 Å². The zero-order valence-corrected chi connectivity index (χ0v) is 12.7. The van der Waals surface area contributed by atoms with E-state index in [9.17, 15) is 0 Å². The molecule has 0 bridgehead atoms. The summed E-state index contributed by atoms with van der Waals surface area (Å²) in [5, 5.41) is 16.2. The second-order valence-corrected chi connectivity index (χ2v) is 5.17. The molecule has 5 nitrogen and oxygen atoms in total. The van der Waals surface area contributed by atoms with Crippen LogP contribution in [0.3, 0.4) is 0 Å². The first-order chi connectivity index (χ1) is 8.77. The van der Waals surface area contributed by atoms with E-state index in [1.165, 1.54) is 0 Å². The van der Waals surface area contributed by atoms with Gasteiger partial charge in [0.25, 0.3) is 0 Å². The standard InChI is InChI=1S/C11H14ClN5S.ClH/c1-17-11(14-15-16-17)18-7-6-13-8-9-4-2-3-5-10(9)12;/h2-5,13H,6-8H2,1H3;1H/p-1. The molecule has 2 rings (SSSR count). The van der Waals surface area contributed by atoms with Crippen LogP contribution in [0, 0.1) is 0 Å². The van der Waals surface area contributed by atoms with Gasteiger partial charge >= 0.3 is 0 Å². The predicted octanol–water partition coefficient (Wildman–Crippen LogP) is -1.25. The zero-order valence-electron chi connectivity index (χ0n) is 10.4. The Labute approximate surface area is 127 Å². The van der Waals surface area contributed by atoms with Gasteiger partial charge in [-0.25, -0.2) is 4.68 Å². The van der Waals surface area contributed by atoms with Gasteiger partial charge < -0.3 is 17.7 Å². The summed E-state index contributed by atoms with van der Waals surface area (Å²) in [7, 11) is 1.83. The van der Waals surface area contributed by atoms with E-state index in [4.69, 9.17) is 11.6 Å². The monoisotopic (exact) mass is 318 g/mol. The van der Waals surface area contributed by atoms with Gasteiger partial charge in [-0.1, -0.05) is 41.6 Å². The number of thioether (sulfide) groups is 1. The lowest BCUT2D eigenvalue weighted by Gasteiger charge is -2.05. The van der Waals surface area contributed by atoms with Crippen molar-refractivity contribution in [3.63, 3.8) is 0 Å². The van der Waals surface area contributed by atoms with Crippen molar-refractivity contribution in [2.45, 2.75) is 11.7 Å². The van der Waals surface area contributed by atoms with Gasteiger partial charge in [-0.15, -0.1) is 5.10 Å². The van der Waals surface area contributed by atoms with Gasteiger partial charge in [-0.05, 0) is 22.1 Å². The molecule has 1 N–H and O–H groups in total. The molecule has 0 atom stereocenters. The van der Waals surface area contributed by atoms with E-state index in [1.807, 2.05) is 31.3 Å². The minimum atomic E-state index is 0. The van der Waals surface area contributed by atoms with E-state index >= 15 is 0 Å². The Morgan fingerprint density at radius 3 is 2.84 bits per heavy atom. The third-order valence-electron chi connectivity index (χ3n) is 2.36. The maximum atomic E-state index is 6.06. The first-order valence-electron chi connectivity index (χ1n) is 5.56. The van der Waals surface area contributed by atoms with Crippen molar-refractivity contribution in [2.75, 3.05) is 12.3 Å². The number of benzene rings is 1. The van der Waals surface area contributed by atoms with E-state index < -0.39 is 0 Å². The summed E-state index contributed by atoms with van der Waals surface area (Å²) < 4.78 is 1.67. The number of nitrogens with one attached hydrogen (secondary N) is 1. The molecule has 0 saturated heterocycles. The summed E-state index contributed by atoms with van der Waals surface area (Å²) in [5.41, 5.74) is 1.12. The molecular weight excluding hydrogens is 305 g/mol. The van der Waals surface area contributed by atoms with Crippen molar-refractivity contribution in [1.82, 2.24) is 25.5 Å². The van der Waals surface area contributed by atoms with Gasteiger partial charge in [0.15, 0.2) is 0 Å². The fourth-order valence-electron chi connectivity index (χ4n) is 1.42. The van der Waals surface area contributed by atoms with Crippen LogP contribution in [0.5, 0.6) is 0 Å². The first-order valence-corrected chi connectivity index (χ1v) is 6.93. The highest BCUT2D eigenvalue weighted by atomic mass is 35.5. The minimum Gasteiger partial charge on any atom is -1.00 e. The average Bonchev–Trinajstić information content (AvgIpc) is 2.77. The lowest BCUT2D eigenvalue weighted by Crippen LogP contribution is -3.00. The highest BCUT2D eigenvalue weighted by molar-refractivity contribution is 7.99. The number of hydrogen-bond acceptors (Lipinski definition) is 5. The molecule has 0 saturated carbocycles. The lowest BCUT2D eigenvalue weighted by molar-refractivity contribution is -0.00000381. The third kappa shape index (κ3) is 4.99. The number of hydrogen-bond donors (Lipinski definition) is 1. The van der Waals surface area contributed by atoms with Crippen molar-refractivity contribution in [3.8, 4) is 0 Å². The molecule has 8 heteroatoms. The molecule has 104 valence electrons. The molecule has 0 aliphatic heterocycles. The van der Waals surface area contributed by atoms with Crippen LogP contribution in [0.1, 0.15) is 5.56 Å². The van der Waals surface area contributed by atoms with E-state index in [0.29, 0.717) is 0 Å². The molecular formula is C11H14Cl2N5S-. The smallest absolute Gasteiger partial charge is 0.209 e. The normalized spacial score (nSPS) is 10.2. The molecule has 0 fully saturated rings. The van der Waals surface area contributed by atoms with Gasteiger partial charge in [0.05, 0.1) is 0 Å². The SMILES string of the molecule is Cn1nnnc1SCCNCc1ccccc1Cl.[Cl-]. The Bertz CT molecular complexity index is 505. The third-order valence-corrected chi connectivity index (χ3v) is 3.75. The zero-order chi connectivity index (χ0) is 12.8. The summed E-state index contributed by atoms with van der Waals surface area (Å²) >= 11 is 7.69. The molecule has 0 spiro atoms. The first kappa shape index (κ1) is 16.2. The van der Waals surface area contributed by atoms with Crippen LogP contribution in [0.15, 0.2) is 29.4 Å². The Morgan fingerprint density at radius 2 is 2.16 bits per heavy atom. The molecule has 0 radical (unpaired) electrons. The number of tetrazole rings is 1. The fraction of sp³-hybridized carbons (Fsp3) is 0.364. The van der Waals surface area contributed by atoms with Crippen molar-refractivity contribution in [2.24, 2.45) is 7.05 Å². The summed E-state index contributed by atoms with van der Waals surface area (Å²) in [5.74, 6) is 0.915. The number of rotatable bonds is 6. The van der Waals surface area contributed by atoms with Crippen LogP contribution >= 0.6 is 23.4 Å². The van der Waals surface area contributed by atoms with Crippen molar-refractivity contribution < 1.29 is 12.4 Å². The molecule has 0 unspecified atom stereocenters. The molecule has 1 heterocycles. The summed E-state index contributed by atoms with van der Waals surface area (Å²) in [6.07, 6.45) is 0. The predicted molar refractivity (Wildman–Crippen MR) is 72.7 cm³/mol. The van der Waals surface area contributed by atoms with Gasteiger partial charge in [0.1, 0.15) is 0 Å². The van der Waals surface area contributed by atoms with Crippen molar-refractivity contribution >= 4 is 23.4 Å². The minimum absolute atomic E-state index is 0. The van der Waals surface area contributed by atoms with Gasteiger partial charge in [-0.2, -0.15) is 0 Å². The summed E-state index contributed by atoms with van der Waals surface area (Å²) in [6, 6.07) is 7.85. The second kappa shape index (κ2) is 8.37. The number of halogens is 2. The highest BCUT2D eigenvalue weighted by Crippen LogP contribution is 2.14. The summed E-state index contributed by atoms with van der Waals surface area (Å²) in [4.78, 5) is 0. The second-order valence-electron chi connectivity index (χ2n) is 3.70. The molecule has 0 aliphatic rings. The molecule has 2 aromatic rings. The fourth-order valence-corrected chi connectivity index (χ4v) is 2.37. The summed E-state index contributed by atoms with van der Waals surface area (Å²) in [6.45, 7) is 1.65. The van der Waals surface area contributed by atoms with Crippen LogP contribution in [0.25, 0.3) is 0 Å². The van der Waals surface area contributed by atoms with Crippen LogP contribution < -0.4 is 17.7 Å². The van der Waals surface area contributed by atoms with Crippen LogP contribution in [-0.2, 0) is 13.6 Å². The maximum absolute atomic E-state index is 6.06. The topological polar surface area (TPSA) is 55.6 Å². The van der Waals surface area contributed by atoms with Gasteiger partial charge in [0.2, 0.25) is 5.16 Å². The number of aromatic nitrogens is 4. The highest BCUT2D eigenvalue weighted by Gasteiger charge is 2.02. The van der Waals surface area contributed by atoms with Crippen LogP contribution in [0.2, 0.25) is 5.02 Å².